The van der Waals surface area contributed by atoms with Crippen molar-refractivity contribution < 1.29 is 9.47 Å². The van der Waals surface area contributed by atoms with Gasteiger partial charge in [-0.3, -0.25) is 0 Å². The summed E-state index contributed by atoms with van der Waals surface area (Å²) in [6.07, 6.45) is 7.46. The van der Waals surface area contributed by atoms with Gasteiger partial charge in [0, 0.05) is 26.4 Å². The Morgan fingerprint density at radius 1 is 0.929 bits per heavy atom. The van der Waals surface area contributed by atoms with Gasteiger partial charge in [-0.25, -0.2) is 0 Å². The molecule has 0 N–H and O–H groups in total. The molecule has 0 radical (unpaired) electrons. The molecule has 0 aliphatic carbocycles. The quantitative estimate of drug-likeness (QED) is 0.615. The summed E-state index contributed by atoms with van der Waals surface area (Å²) in [4.78, 5) is 0. The second-order valence-electron chi connectivity index (χ2n) is 3.64. The van der Waals surface area contributed by atoms with Gasteiger partial charge in [0.15, 0.2) is 0 Å². The van der Waals surface area contributed by atoms with Gasteiger partial charge in [-0.15, -0.1) is 0 Å². The standard InChI is InChI=1S/C8H18O.C4H8O/c1-3-5-7-9-8-6-4-2;1-2-4-5-3-1/h3-8H2,1-2H3;1-4H2. The average Bonchev–Trinajstić information content (AvgIpc) is 2.76. The highest BCUT2D eigenvalue weighted by Crippen LogP contribution is 1.98. The monoisotopic (exact) mass is 202 g/mol. The van der Waals surface area contributed by atoms with E-state index >= 15 is 0 Å². The Balaban J connectivity index is 0.000000280. The molecule has 0 unspecified atom stereocenters. The van der Waals surface area contributed by atoms with Crippen molar-refractivity contribution in [3.63, 3.8) is 0 Å². The normalized spacial score (nSPS) is 15.0. The minimum atomic E-state index is 0.955. The zero-order valence-electron chi connectivity index (χ0n) is 9.89. The lowest BCUT2D eigenvalue weighted by Gasteiger charge is -1.99. The van der Waals surface area contributed by atoms with Crippen molar-refractivity contribution in [2.45, 2.75) is 52.4 Å². The fraction of sp³-hybridized carbons (Fsp3) is 1.00. The molecule has 0 bridgehead atoms. The van der Waals surface area contributed by atoms with Crippen molar-refractivity contribution in [1.29, 1.82) is 0 Å². The summed E-state index contributed by atoms with van der Waals surface area (Å²) >= 11 is 0. The smallest absolute Gasteiger partial charge is 0.0466 e. The van der Waals surface area contributed by atoms with Crippen LogP contribution in [-0.2, 0) is 9.47 Å². The summed E-state index contributed by atoms with van der Waals surface area (Å²) in [5.74, 6) is 0. The predicted molar refractivity (Wildman–Crippen MR) is 60.7 cm³/mol. The van der Waals surface area contributed by atoms with Gasteiger partial charge < -0.3 is 9.47 Å². The molecule has 1 heterocycles. The van der Waals surface area contributed by atoms with Crippen molar-refractivity contribution in [3.8, 4) is 0 Å². The number of hydrogen-bond acceptors (Lipinski definition) is 2. The van der Waals surface area contributed by atoms with Gasteiger partial charge in [0.05, 0.1) is 0 Å². The van der Waals surface area contributed by atoms with Crippen LogP contribution in [0.1, 0.15) is 52.4 Å². The van der Waals surface area contributed by atoms with Crippen LogP contribution >= 0.6 is 0 Å². The number of unbranched alkanes of at least 4 members (excludes halogenated alkanes) is 2. The summed E-state index contributed by atoms with van der Waals surface area (Å²) in [5.41, 5.74) is 0. The molecule has 0 amide bonds. The molecule has 1 fully saturated rings. The Morgan fingerprint density at radius 2 is 1.43 bits per heavy atom. The van der Waals surface area contributed by atoms with Gasteiger partial charge in [0.2, 0.25) is 0 Å². The first kappa shape index (κ1) is 13.9. The van der Waals surface area contributed by atoms with E-state index in [1.807, 2.05) is 0 Å². The molecule has 1 aliphatic heterocycles. The Hall–Kier alpha value is -0.0800. The minimum Gasteiger partial charge on any atom is -0.381 e. The molecule has 2 heteroatoms. The highest BCUT2D eigenvalue weighted by Gasteiger charge is 1.94. The summed E-state index contributed by atoms with van der Waals surface area (Å²) in [6, 6.07) is 0. The van der Waals surface area contributed by atoms with Crippen LogP contribution in [0.3, 0.4) is 0 Å². The molecule has 0 spiro atoms. The molecule has 86 valence electrons. The van der Waals surface area contributed by atoms with Crippen molar-refractivity contribution in [2.75, 3.05) is 26.4 Å². The summed E-state index contributed by atoms with van der Waals surface area (Å²) in [7, 11) is 0. The number of rotatable bonds is 6. The van der Waals surface area contributed by atoms with Gasteiger partial charge in [0.25, 0.3) is 0 Å². The van der Waals surface area contributed by atoms with Crippen LogP contribution < -0.4 is 0 Å². The van der Waals surface area contributed by atoms with Gasteiger partial charge in [-0.2, -0.15) is 0 Å². The van der Waals surface area contributed by atoms with Crippen molar-refractivity contribution in [1.82, 2.24) is 0 Å². The van der Waals surface area contributed by atoms with E-state index in [2.05, 4.69) is 13.8 Å². The van der Waals surface area contributed by atoms with Crippen molar-refractivity contribution in [2.24, 2.45) is 0 Å². The topological polar surface area (TPSA) is 18.5 Å². The summed E-state index contributed by atoms with van der Waals surface area (Å²) < 4.78 is 10.3. The van der Waals surface area contributed by atoms with E-state index in [0.717, 1.165) is 26.4 Å². The Labute approximate surface area is 89.0 Å². The van der Waals surface area contributed by atoms with Gasteiger partial charge in [-0.1, -0.05) is 26.7 Å². The number of hydrogen-bond donors (Lipinski definition) is 0. The fourth-order valence-corrected chi connectivity index (χ4v) is 1.11. The van der Waals surface area contributed by atoms with E-state index in [1.165, 1.54) is 38.5 Å². The highest BCUT2D eigenvalue weighted by molar-refractivity contribution is 4.43. The lowest BCUT2D eigenvalue weighted by Crippen LogP contribution is -1.95. The summed E-state index contributed by atoms with van der Waals surface area (Å²) in [6.45, 7) is 8.28. The minimum absolute atomic E-state index is 0.955. The third kappa shape index (κ3) is 11.9. The molecule has 1 aliphatic rings. The van der Waals surface area contributed by atoms with Crippen LogP contribution in [0.5, 0.6) is 0 Å². The van der Waals surface area contributed by atoms with Crippen LogP contribution in [0, 0.1) is 0 Å². The van der Waals surface area contributed by atoms with E-state index in [4.69, 9.17) is 9.47 Å². The Kier molecular flexibility index (Phi) is 12.8. The van der Waals surface area contributed by atoms with Gasteiger partial charge >= 0.3 is 0 Å². The van der Waals surface area contributed by atoms with Crippen LogP contribution in [0.25, 0.3) is 0 Å². The van der Waals surface area contributed by atoms with Crippen LogP contribution in [0.4, 0.5) is 0 Å². The molecular formula is C12H26O2. The van der Waals surface area contributed by atoms with E-state index in [1.54, 1.807) is 0 Å². The van der Waals surface area contributed by atoms with Crippen LogP contribution in [0.15, 0.2) is 0 Å². The summed E-state index contributed by atoms with van der Waals surface area (Å²) in [5, 5.41) is 0. The number of ether oxygens (including phenoxy) is 2. The molecule has 1 saturated heterocycles. The first-order chi connectivity index (χ1) is 6.91. The second-order valence-corrected chi connectivity index (χ2v) is 3.64. The maximum Gasteiger partial charge on any atom is 0.0466 e. The Bertz CT molecular complexity index is 76.7. The lowest BCUT2D eigenvalue weighted by atomic mass is 10.3. The zero-order valence-corrected chi connectivity index (χ0v) is 9.89. The maximum absolute atomic E-state index is 5.31. The molecule has 0 saturated carbocycles. The molecule has 0 aromatic carbocycles. The van der Waals surface area contributed by atoms with E-state index in [9.17, 15) is 0 Å². The lowest BCUT2D eigenvalue weighted by molar-refractivity contribution is 0.128. The van der Waals surface area contributed by atoms with Crippen LogP contribution in [-0.4, -0.2) is 26.4 Å². The third-order valence-electron chi connectivity index (χ3n) is 2.11. The van der Waals surface area contributed by atoms with Crippen LogP contribution in [0.2, 0.25) is 0 Å². The first-order valence-electron chi connectivity index (χ1n) is 6.07. The molecule has 0 aromatic rings. The van der Waals surface area contributed by atoms with E-state index < -0.39 is 0 Å². The van der Waals surface area contributed by atoms with Gasteiger partial charge in [0.1, 0.15) is 0 Å². The molecular weight excluding hydrogens is 176 g/mol. The maximum atomic E-state index is 5.31. The second kappa shape index (κ2) is 12.9. The van der Waals surface area contributed by atoms with Gasteiger partial charge in [-0.05, 0) is 25.7 Å². The van der Waals surface area contributed by atoms with E-state index in [0.29, 0.717) is 0 Å². The van der Waals surface area contributed by atoms with Crippen molar-refractivity contribution in [3.05, 3.63) is 0 Å². The SMILES string of the molecule is C1CCOC1.CCCCOCCCC. The molecule has 2 nitrogen and oxygen atoms in total. The average molecular weight is 202 g/mol. The van der Waals surface area contributed by atoms with E-state index in [-0.39, 0.29) is 0 Å². The molecule has 0 atom stereocenters. The first-order valence-corrected chi connectivity index (χ1v) is 6.07. The predicted octanol–water partition coefficient (Wildman–Crippen LogP) is 3.40. The Morgan fingerprint density at radius 3 is 1.71 bits per heavy atom. The molecule has 0 aromatic heterocycles. The third-order valence-corrected chi connectivity index (χ3v) is 2.11. The highest BCUT2D eigenvalue weighted by atomic mass is 16.5. The fourth-order valence-electron chi connectivity index (χ4n) is 1.11. The largest absolute Gasteiger partial charge is 0.381 e. The molecule has 14 heavy (non-hydrogen) atoms. The molecule has 1 rings (SSSR count). The zero-order chi connectivity index (χ0) is 10.5. The van der Waals surface area contributed by atoms with Crippen molar-refractivity contribution >= 4 is 0 Å².